The molecule has 0 unspecified atom stereocenters. The second-order valence-corrected chi connectivity index (χ2v) is 4.31. The molecular weight excluding hydrogens is 292 g/mol. The van der Waals surface area contributed by atoms with Crippen LogP contribution in [0, 0.1) is 0 Å². The van der Waals surface area contributed by atoms with Gasteiger partial charge >= 0.3 is 26.8 Å². The van der Waals surface area contributed by atoms with E-state index in [1.165, 1.54) is 21.5 Å². The van der Waals surface area contributed by atoms with Crippen LogP contribution in [0.3, 0.4) is 0 Å². The van der Waals surface area contributed by atoms with Gasteiger partial charge in [-0.15, -0.1) is 59.3 Å². The van der Waals surface area contributed by atoms with Gasteiger partial charge in [-0.2, -0.15) is 35.0 Å². The molecule has 0 aliphatic rings. The number of benzene rings is 2. The van der Waals surface area contributed by atoms with Gasteiger partial charge < -0.3 is 0 Å². The Labute approximate surface area is 133 Å². The van der Waals surface area contributed by atoms with E-state index in [0.29, 0.717) is 0 Å². The summed E-state index contributed by atoms with van der Waals surface area (Å²) >= 11 is 1.81. The van der Waals surface area contributed by atoms with E-state index in [9.17, 15) is 0 Å². The smallest absolute Gasteiger partial charge is 0.0809 e. The van der Waals surface area contributed by atoms with Gasteiger partial charge in [-0.1, -0.05) is 12.1 Å². The second kappa shape index (κ2) is 8.01. The van der Waals surface area contributed by atoms with Crippen molar-refractivity contribution in [2.45, 2.75) is 0 Å². The van der Waals surface area contributed by atoms with E-state index in [1.807, 2.05) is 0 Å². The van der Waals surface area contributed by atoms with Crippen LogP contribution in [0.5, 0.6) is 0 Å². The van der Waals surface area contributed by atoms with Crippen LogP contribution in [0.2, 0.25) is 0 Å². The quantitative estimate of drug-likeness (QED) is 0.325. The third-order valence-electron chi connectivity index (χ3n) is 3.10. The zero-order chi connectivity index (χ0) is 14.2. The van der Waals surface area contributed by atoms with E-state index in [1.54, 1.807) is 19.2 Å². The van der Waals surface area contributed by atoms with Crippen molar-refractivity contribution in [3.63, 3.8) is 0 Å². The van der Waals surface area contributed by atoms with Crippen LogP contribution in [0.25, 0.3) is 21.5 Å². The van der Waals surface area contributed by atoms with E-state index < -0.39 is 0 Å². The van der Waals surface area contributed by atoms with Crippen LogP contribution in [0.1, 0.15) is 0 Å². The Hall–Kier alpha value is -1.41. The maximum Gasteiger partial charge on any atom is -0.0809 e. The van der Waals surface area contributed by atoms with Gasteiger partial charge in [-0.3, -0.25) is 0 Å². The molecule has 0 N–H and O–H groups in total. The minimum Gasteiger partial charge on any atom is -0.168 e. The molecule has 0 aromatic heterocycles. The number of hydrogen-bond acceptors (Lipinski definition) is 0. The molecule has 94 valence electrons. The molecule has 4 rings (SSSR count). The third kappa shape index (κ3) is 3.80. The standard InChI is InChI=1S/2C9H7.Si.Ti/c2*1-2-5-9-7-3-6-8(9)4-1;;/h2*1-7H;;/q2*-1;;+2. The van der Waals surface area contributed by atoms with Gasteiger partial charge in [-0.05, 0) is 0 Å². The number of fused-ring (bicyclic) bond motifs is 2. The summed E-state index contributed by atoms with van der Waals surface area (Å²) in [6.45, 7) is 0. The molecule has 4 aromatic carbocycles. The van der Waals surface area contributed by atoms with Crippen molar-refractivity contribution in [1.29, 1.82) is 0 Å². The molecule has 0 amide bonds. The maximum atomic E-state index is 2.97. The Morgan fingerprint density at radius 3 is 1.40 bits per heavy atom. The Balaban J connectivity index is 0.000000131. The van der Waals surface area contributed by atoms with Crippen molar-refractivity contribution in [2.24, 2.45) is 0 Å². The molecule has 0 heterocycles. The molecule has 20 heavy (non-hydrogen) atoms. The molecule has 0 saturated heterocycles. The summed E-state index contributed by atoms with van der Waals surface area (Å²) in [4.78, 5) is 0. The van der Waals surface area contributed by atoms with Gasteiger partial charge in [0.1, 0.15) is 0 Å². The van der Waals surface area contributed by atoms with Crippen LogP contribution in [0.4, 0.5) is 0 Å². The summed E-state index contributed by atoms with van der Waals surface area (Å²) in [6, 6.07) is 29.3. The summed E-state index contributed by atoms with van der Waals surface area (Å²) in [5, 5.41) is 5.32. The Kier molecular flexibility index (Phi) is 6.00. The van der Waals surface area contributed by atoms with Gasteiger partial charge in [0.2, 0.25) is 0 Å². The molecular formula is C18H14SiTi. The SMILES string of the molecule is [Si]=[Ti+2].c1ccc2[cH-]ccc2c1.c1ccc2[cH-]ccc2c1. The molecule has 2 radical (unpaired) electrons. The summed E-state index contributed by atoms with van der Waals surface area (Å²) in [5.41, 5.74) is 0. The van der Waals surface area contributed by atoms with Crippen LogP contribution in [-0.4, -0.2) is 7.63 Å². The van der Waals surface area contributed by atoms with E-state index in [0.717, 1.165) is 0 Å². The number of rotatable bonds is 0. The predicted molar refractivity (Wildman–Crippen MR) is 84.8 cm³/mol. The normalized spacial score (nSPS) is 9.50. The molecule has 0 atom stereocenters. The Morgan fingerprint density at radius 2 is 1.00 bits per heavy atom. The van der Waals surface area contributed by atoms with Gasteiger partial charge in [0.25, 0.3) is 0 Å². The van der Waals surface area contributed by atoms with Crippen molar-refractivity contribution < 1.29 is 19.2 Å². The average Bonchev–Trinajstić information content (AvgIpc) is 3.18. The van der Waals surface area contributed by atoms with Crippen molar-refractivity contribution >= 4 is 29.2 Å². The summed E-state index contributed by atoms with van der Waals surface area (Å²) < 4.78 is 0. The third-order valence-corrected chi connectivity index (χ3v) is 3.10. The number of hydrogen-bond donors (Lipinski definition) is 0. The first-order valence-corrected chi connectivity index (χ1v) is 9.24. The van der Waals surface area contributed by atoms with E-state index in [-0.39, 0.29) is 0 Å². The topological polar surface area (TPSA) is 0 Å². The maximum absolute atomic E-state index is 2.97. The van der Waals surface area contributed by atoms with Crippen LogP contribution in [-0.2, 0) is 19.2 Å². The van der Waals surface area contributed by atoms with Gasteiger partial charge in [0.15, 0.2) is 0 Å². The van der Waals surface area contributed by atoms with Crippen LogP contribution < -0.4 is 0 Å². The Morgan fingerprint density at radius 1 is 0.600 bits per heavy atom. The van der Waals surface area contributed by atoms with E-state index in [4.69, 9.17) is 0 Å². The predicted octanol–water partition coefficient (Wildman–Crippen LogP) is 4.73. The zero-order valence-corrected chi connectivity index (χ0v) is 13.6. The minimum atomic E-state index is 1.33. The molecule has 0 aliphatic carbocycles. The van der Waals surface area contributed by atoms with E-state index >= 15 is 0 Å². The molecule has 0 spiro atoms. The zero-order valence-electron chi connectivity index (χ0n) is 11.1. The Bertz CT molecular complexity index is 640. The largest absolute Gasteiger partial charge is 0.168 e. The monoisotopic (exact) mass is 306 g/mol. The molecule has 2 heteroatoms. The second-order valence-electron chi connectivity index (χ2n) is 4.31. The van der Waals surface area contributed by atoms with Crippen molar-refractivity contribution in [2.75, 3.05) is 0 Å². The van der Waals surface area contributed by atoms with E-state index in [2.05, 4.69) is 92.6 Å². The van der Waals surface area contributed by atoms with Crippen LogP contribution in [0.15, 0.2) is 84.9 Å². The summed E-state index contributed by atoms with van der Waals surface area (Å²) in [7, 11) is 2.97. The first-order chi connectivity index (χ1) is 9.93. The van der Waals surface area contributed by atoms with Gasteiger partial charge in [0, 0.05) is 0 Å². The first kappa shape index (κ1) is 15.0. The molecule has 0 nitrogen and oxygen atoms in total. The van der Waals surface area contributed by atoms with Crippen molar-refractivity contribution in [3.05, 3.63) is 84.9 Å². The fourth-order valence-corrected chi connectivity index (χ4v) is 2.14. The van der Waals surface area contributed by atoms with Crippen LogP contribution >= 0.6 is 0 Å². The molecule has 0 bridgehead atoms. The van der Waals surface area contributed by atoms with Crippen molar-refractivity contribution in [1.82, 2.24) is 0 Å². The molecule has 0 fully saturated rings. The average molecular weight is 306 g/mol. The fraction of sp³-hybridized carbons (Fsp3) is 0. The first-order valence-electron chi connectivity index (χ1n) is 6.39. The summed E-state index contributed by atoms with van der Waals surface area (Å²) in [6.07, 6.45) is 0. The van der Waals surface area contributed by atoms with Gasteiger partial charge in [-0.25, -0.2) is 0 Å². The van der Waals surface area contributed by atoms with Crippen molar-refractivity contribution in [3.8, 4) is 0 Å². The minimum absolute atomic E-state index is 1.33. The molecule has 0 aliphatic heterocycles. The molecule has 4 aromatic rings. The fourth-order valence-electron chi connectivity index (χ4n) is 2.14. The summed E-state index contributed by atoms with van der Waals surface area (Å²) in [5.74, 6) is 0. The van der Waals surface area contributed by atoms with Gasteiger partial charge in [0.05, 0.1) is 0 Å². The molecule has 0 saturated carbocycles.